The van der Waals surface area contributed by atoms with Crippen molar-refractivity contribution in [3.05, 3.63) is 40.8 Å². The number of hydrogen-bond acceptors (Lipinski definition) is 4. The molecule has 1 heterocycles. The van der Waals surface area contributed by atoms with Gasteiger partial charge in [0.05, 0.1) is 6.26 Å². The fourth-order valence-corrected chi connectivity index (χ4v) is 0.792. The van der Waals surface area contributed by atoms with Crippen LogP contribution in [0, 0.1) is 0 Å². The summed E-state index contributed by atoms with van der Waals surface area (Å²) in [4.78, 5) is 13.2. The molecule has 0 saturated heterocycles. The van der Waals surface area contributed by atoms with E-state index < -0.39 is 5.97 Å². The minimum absolute atomic E-state index is 0.0836. The van der Waals surface area contributed by atoms with Crippen LogP contribution in [0.3, 0.4) is 0 Å². The van der Waals surface area contributed by atoms with Crippen molar-refractivity contribution in [1.82, 2.24) is 0 Å². The van der Waals surface area contributed by atoms with Gasteiger partial charge in [-0.15, -0.1) is 0 Å². The summed E-state index contributed by atoms with van der Waals surface area (Å²) < 4.78 is 9.73. The lowest BCUT2D eigenvalue weighted by molar-refractivity contribution is -0.134. The van der Waals surface area contributed by atoms with Crippen LogP contribution in [0.15, 0.2) is 34.1 Å². The van der Waals surface area contributed by atoms with Crippen LogP contribution < -0.4 is 0 Å². The second kappa shape index (κ2) is 4.74. The molecule has 0 unspecified atom stereocenters. The fraction of sp³-hybridized carbons (Fsp3) is 0.125. The molecule has 0 atom stereocenters. The number of azide groups is 1. The maximum atomic E-state index is 10.7. The van der Waals surface area contributed by atoms with Crippen molar-refractivity contribution in [2.24, 2.45) is 5.11 Å². The van der Waals surface area contributed by atoms with E-state index in [2.05, 4.69) is 10.0 Å². The zero-order valence-corrected chi connectivity index (χ0v) is 7.38. The number of hydrogen-bond donors (Lipinski definition) is 0. The zero-order chi connectivity index (χ0) is 10.4. The van der Waals surface area contributed by atoms with E-state index in [0.29, 0.717) is 5.76 Å². The predicted molar refractivity (Wildman–Crippen MR) is 47.6 cm³/mol. The smallest absolute Gasteiger partial charge is 0.308 e. The van der Waals surface area contributed by atoms with Gasteiger partial charge in [-0.3, -0.25) is 4.79 Å². The molecule has 0 fully saturated rings. The van der Waals surface area contributed by atoms with Crippen LogP contribution in [0.5, 0.6) is 0 Å². The van der Waals surface area contributed by atoms with Gasteiger partial charge in [-0.2, -0.15) is 0 Å². The van der Waals surface area contributed by atoms with E-state index in [9.17, 15) is 4.79 Å². The highest BCUT2D eigenvalue weighted by Crippen LogP contribution is 2.16. The van der Waals surface area contributed by atoms with Crippen LogP contribution >= 0.6 is 0 Å². The quantitative estimate of drug-likeness (QED) is 0.243. The van der Waals surface area contributed by atoms with E-state index >= 15 is 0 Å². The van der Waals surface area contributed by atoms with Gasteiger partial charge in [0.1, 0.15) is 0 Å². The highest BCUT2D eigenvalue weighted by atomic mass is 16.5. The summed E-state index contributed by atoms with van der Waals surface area (Å²) in [6.45, 7) is 1.24. The Morgan fingerprint density at radius 1 is 1.79 bits per heavy atom. The lowest BCUT2D eigenvalue weighted by Crippen LogP contribution is -1.96. The minimum atomic E-state index is -0.513. The first kappa shape index (κ1) is 9.88. The van der Waals surface area contributed by atoms with Crippen LogP contribution in [0.25, 0.3) is 16.2 Å². The van der Waals surface area contributed by atoms with E-state index in [0.717, 1.165) is 6.20 Å². The molecule has 1 aromatic heterocycles. The Hall–Kier alpha value is -2.20. The third kappa shape index (κ3) is 2.69. The van der Waals surface area contributed by atoms with Gasteiger partial charge >= 0.3 is 5.97 Å². The number of nitrogens with zero attached hydrogens (tertiary/aromatic N) is 3. The van der Waals surface area contributed by atoms with Crippen LogP contribution in [0.1, 0.15) is 12.7 Å². The predicted octanol–water partition coefficient (Wildman–Crippen LogP) is 2.45. The molecule has 0 aliphatic carbocycles. The Morgan fingerprint density at radius 3 is 3.07 bits per heavy atom. The first-order chi connectivity index (χ1) is 6.74. The number of esters is 1. The number of carbonyl (C=O) groups excluding carboxylic acids is 1. The van der Waals surface area contributed by atoms with Gasteiger partial charge in [0, 0.05) is 18.0 Å². The largest absolute Gasteiger partial charge is 0.461 e. The molecule has 0 radical (unpaired) electrons. The first-order valence-electron chi connectivity index (χ1n) is 3.70. The second-order valence-corrected chi connectivity index (χ2v) is 2.27. The number of rotatable bonds is 3. The van der Waals surface area contributed by atoms with Gasteiger partial charge in [-0.1, -0.05) is 5.11 Å². The number of furan rings is 1. The highest BCUT2D eigenvalue weighted by Gasteiger charge is 2.07. The lowest BCUT2D eigenvalue weighted by atomic mass is 10.4. The maximum absolute atomic E-state index is 10.7. The van der Waals surface area contributed by atoms with Crippen LogP contribution in [0.2, 0.25) is 0 Å². The normalized spacial score (nSPS) is 10.5. The van der Waals surface area contributed by atoms with Crippen molar-refractivity contribution in [2.45, 2.75) is 6.92 Å². The third-order valence-electron chi connectivity index (χ3n) is 1.24. The molecule has 1 aromatic rings. The molecule has 72 valence electrons. The summed E-state index contributed by atoms with van der Waals surface area (Å²) >= 11 is 0. The second-order valence-electron chi connectivity index (χ2n) is 2.27. The van der Waals surface area contributed by atoms with Gasteiger partial charge < -0.3 is 9.15 Å². The van der Waals surface area contributed by atoms with Crippen molar-refractivity contribution in [2.75, 3.05) is 0 Å². The van der Waals surface area contributed by atoms with Crippen molar-refractivity contribution in [3.63, 3.8) is 0 Å². The summed E-state index contributed by atoms with van der Waals surface area (Å²) in [5, 5.41) is 3.16. The maximum Gasteiger partial charge on any atom is 0.308 e. The topological polar surface area (TPSA) is 88.2 Å². The average Bonchev–Trinajstić information content (AvgIpc) is 2.64. The molecular formula is C8H7N3O3. The Balaban J connectivity index is 2.93. The zero-order valence-electron chi connectivity index (χ0n) is 7.38. The Labute approximate surface area is 79.4 Å². The first-order valence-corrected chi connectivity index (χ1v) is 3.70. The van der Waals surface area contributed by atoms with E-state index in [1.54, 1.807) is 12.1 Å². The summed E-state index contributed by atoms with van der Waals surface area (Å²) in [6.07, 6.45) is 2.49. The van der Waals surface area contributed by atoms with Crippen molar-refractivity contribution in [1.29, 1.82) is 0 Å². The molecule has 6 heteroatoms. The standard InChI is InChI=1S/C8H7N3O3/c1-6(12)14-8(5-10-11-9)7-3-2-4-13-7/h2-5H,1H3/b8-5-. The summed E-state index contributed by atoms with van der Waals surface area (Å²) in [7, 11) is 0. The van der Waals surface area contributed by atoms with Gasteiger partial charge in [0.25, 0.3) is 0 Å². The van der Waals surface area contributed by atoms with Gasteiger partial charge in [-0.25, -0.2) is 0 Å². The van der Waals surface area contributed by atoms with Crippen LogP contribution in [-0.2, 0) is 9.53 Å². The monoisotopic (exact) mass is 193 g/mol. The van der Waals surface area contributed by atoms with Crippen molar-refractivity contribution < 1.29 is 13.9 Å². The SMILES string of the molecule is CC(=O)O/C(=C\N=[N+]=[N-])c1ccco1. The van der Waals surface area contributed by atoms with Crippen molar-refractivity contribution in [3.8, 4) is 0 Å². The number of ether oxygens (including phenoxy) is 1. The van der Waals surface area contributed by atoms with Gasteiger partial charge in [0.15, 0.2) is 11.5 Å². The van der Waals surface area contributed by atoms with Crippen molar-refractivity contribution >= 4 is 11.7 Å². The molecule has 0 amide bonds. The summed E-state index contributed by atoms with van der Waals surface area (Å²) in [5.41, 5.74) is 8.09. The highest BCUT2D eigenvalue weighted by molar-refractivity contribution is 5.74. The Kier molecular flexibility index (Phi) is 3.34. The Bertz CT molecular complexity index is 388. The molecule has 0 aromatic carbocycles. The molecule has 0 aliphatic heterocycles. The number of carbonyl (C=O) groups is 1. The van der Waals surface area contributed by atoms with Gasteiger partial charge in [0.2, 0.25) is 0 Å². The molecule has 0 aliphatic rings. The third-order valence-corrected chi connectivity index (χ3v) is 1.24. The average molecular weight is 193 g/mol. The van der Waals surface area contributed by atoms with Crippen LogP contribution in [-0.4, -0.2) is 5.97 Å². The molecule has 0 N–H and O–H groups in total. The Morgan fingerprint density at radius 2 is 2.57 bits per heavy atom. The fourth-order valence-electron chi connectivity index (χ4n) is 0.792. The van der Waals surface area contributed by atoms with Gasteiger partial charge in [-0.05, 0) is 17.7 Å². The molecule has 1 rings (SSSR count). The summed E-state index contributed by atoms with van der Waals surface area (Å²) in [6, 6.07) is 3.21. The summed E-state index contributed by atoms with van der Waals surface area (Å²) in [5.74, 6) is -0.103. The van der Waals surface area contributed by atoms with E-state index in [1.165, 1.54) is 13.2 Å². The lowest BCUT2D eigenvalue weighted by Gasteiger charge is -2.01. The molecule has 6 nitrogen and oxygen atoms in total. The van der Waals surface area contributed by atoms with E-state index in [-0.39, 0.29) is 5.76 Å². The molecule has 0 spiro atoms. The van der Waals surface area contributed by atoms with E-state index in [1.807, 2.05) is 0 Å². The molecular weight excluding hydrogens is 186 g/mol. The van der Waals surface area contributed by atoms with Crippen LogP contribution in [0.4, 0.5) is 0 Å². The van der Waals surface area contributed by atoms with E-state index in [4.69, 9.17) is 14.7 Å². The molecule has 0 bridgehead atoms. The molecule has 0 saturated carbocycles. The molecule has 14 heavy (non-hydrogen) atoms. The minimum Gasteiger partial charge on any atom is -0.461 e.